The number of nitrogens with zero attached hydrogens (tertiary/aromatic N) is 2. The van der Waals surface area contributed by atoms with E-state index in [9.17, 15) is 4.39 Å². The minimum absolute atomic E-state index is 0.353. The lowest BCUT2D eigenvalue weighted by molar-refractivity contribution is 0.451. The molecule has 7 heteroatoms. The van der Waals surface area contributed by atoms with Gasteiger partial charge < -0.3 is 10.1 Å². The third-order valence-corrected chi connectivity index (χ3v) is 4.13. The Morgan fingerprint density at radius 3 is 3.05 bits per heavy atom. The van der Waals surface area contributed by atoms with Crippen LogP contribution in [0.25, 0.3) is 4.96 Å². The minimum atomic E-state index is -0.353. The normalized spacial score (nSPS) is 11.2. The number of imidazole rings is 1. The monoisotopic (exact) mass is 369 g/mol. The maximum Gasteiger partial charge on any atom is 0.243 e. The first-order valence-electron chi connectivity index (χ1n) is 6.46. The standard InChI is InChI=1S/C14H13BrFN3OS/c1-2-17-8-12-13(18-14-19(12)3-4-21-14)20-11-6-9(15)5-10(16)7-11/h3-7,17H,2,8H2,1H3. The molecule has 0 aliphatic rings. The number of halogens is 2. The first-order chi connectivity index (χ1) is 10.2. The van der Waals surface area contributed by atoms with Crippen LogP contribution in [0.1, 0.15) is 12.6 Å². The third kappa shape index (κ3) is 3.09. The van der Waals surface area contributed by atoms with Crippen molar-refractivity contribution < 1.29 is 9.13 Å². The lowest BCUT2D eigenvalue weighted by Crippen LogP contribution is -2.13. The zero-order chi connectivity index (χ0) is 14.8. The fourth-order valence-corrected chi connectivity index (χ4v) is 3.17. The summed E-state index contributed by atoms with van der Waals surface area (Å²) < 4.78 is 21.8. The van der Waals surface area contributed by atoms with Crippen LogP contribution in [0.15, 0.2) is 34.2 Å². The van der Waals surface area contributed by atoms with Gasteiger partial charge in [-0.25, -0.2) is 4.39 Å². The molecule has 0 atom stereocenters. The van der Waals surface area contributed by atoms with E-state index < -0.39 is 0 Å². The molecular formula is C14H13BrFN3OS. The van der Waals surface area contributed by atoms with Crippen molar-refractivity contribution in [1.82, 2.24) is 14.7 Å². The number of aromatic nitrogens is 2. The van der Waals surface area contributed by atoms with Gasteiger partial charge in [-0.15, -0.1) is 11.3 Å². The van der Waals surface area contributed by atoms with Crippen molar-refractivity contribution in [3.05, 3.63) is 45.8 Å². The molecule has 21 heavy (non-hydrogen) atoms. The lowest BCUT2D eigenvalue weighted by atomic mass is 10.3. The Labute approximate surface area is 133 Å². The molecule has 0 aliphatic carbocycles. The van der Waals surface area contributed by atoms with Gasteiger partial charge in [-0.2, -0.15) is 4.98 Å². The average molecular weight is 370 g/mol. The van der Waals surface area contributed by atoms with Crippen LogP contribution in [-0.4, -0.2) is 15.9 Å². The fourth-order valence-electron chi connectivity index (χ4n) is 2.00. The molecule has 110 valence electrons. The first kappa shape index (κ1) is 14.5. The zero-order valence-electron chi connectivity index (χ0n) is 11.3. The topological polar surface area (TPSA) is 38.6 Å². The van der Waals surface area contributed by atoms with E-state index in [4.69, 9.17) is 4.74 Å². The Bertz CT molecular complexity index is 751. The Kier molecular flexibility index (Phi) is 4.23. The second kappa shape index (κ2) is 6.13. The molecular weight excluding hydrogens is 357 g/mol. The first-order valence-corrected chi connectivity index (χ1v) is 8.13. The molecule has 0 saturated carbocycles. The van der Waals surface area contributed by atoms with Gasteiger partial charge in [0, 0.05) is 28.7 Å². The maximum atomic E-state index is 13.4. The highest BCUT2D eigenvalue weighted by Gasteiger charge is 2.15. The summed E-state index contributed by atoms with van der Waals surface area (Å²) in [7, 11) is 0. The molecule has 1 aromatic carbocycles. The van der Waals surface area contributed by atoms with Crippen molar-refractivity contribution in [2.75, 3.05) is 6.54 Å². The minimum Gasteiger partial charge on any atom is -0.437 e. The molecule has 0 fully saturated rings. The molecule has 4 nitrogen and oxygen atoms in total. The average Bonchev–Trinajstić information content (AvgIpc) is 2.96. The van der Waals surface area contributed by atoms with Crippen LogP contribution in [0.5, 0.6) is 11.6 Å². The number of ether oxygens (including phenoxy) is 1. The molecule has 0 aliphatic heterocycles. The summed E-state index contributed by atoms with van der Waals surface area (Å²) in [5.41, 5.74) is 0.925. The number of thiazole rings is 1. The molecule has 0 saturated heterocycles. The number of hydrogen-bond acceptors (Lipinski definition) is 4. The van der Waals surface area contributed by atoms with Crippen LogP contribution in [0, 0.1) is 5.82 Å². The van der Waals surface area contributed by atoms with Gasteiger partial charge in [-0.1, -0.05) is 22.9 Å². The molecule has 0 radical (unpaired) electrons. The highest BCUT2D eigenvalue weighted by atomic mass is 79.9. The predicted molar refractivity (Wildman–Crippen MR) is 84.6 cm³/mol. The number of fused-ring (bicyclic) bond motifs is 1. The molecule has 2 heterocycles. The molecule has 3 aromatic rings. The summed E-state index contributed by atoms with van der Waals surface area (Å²) in [5.74, 6) is 0.569. The second-order valence-electron chi connectivity index (χ2n) is 4.41. The predicted octanol–water partition coefficient (Wildman–Crippen LogP) is 4.20. The summed E-state index contributed by atoms with van der Waals surface area (Å²) in [6.07, 6.45) is 1.95. The summed E-state index contributed by atoms with van der Waals surface area (Å²) in [6.45, 7) is 3.53. The van der Waals surface area contributed by atoms with E-state index in [1.165, 1.54) is 23.5 Å². The van der Waals surface area contributed by atoms with Crippen LogP contribution in [0.4, 0.5) is 4.39 Å². The van der Waals surface area contributed by atoms with Gasteiger partial charge >= 0.3 is 0 Å². The molecule has 2 aromatic heterocycles. The highest BCUT2D eigenvalue weighted by Crippen LogP contribution is 2.30. The number of benzene rings is 1. The van der Waals surface area contributed by atoms with Crippen LogP contribution >= 0.6 is 27.3 Å². The molecule has 0 amide bonds. The van der Waals surface area contributed by atoms with Gasteiger partial charge in [0.25, 0.3) is 0 Å². The van der Waals surface area contributed by atoms with E-state index in [1.54, 1.807) is 6.07 Å². The van der Waals surface area contributed by atoms with Crippen LogP contribution in [0.3, 0.4) is 0 Å². The van der Waals surface area contributed by atoms with E-state index >= 15 is 0 Å². The molecule has 0 bridgehead atoms. The van der Waals surface area contributed by atoms with Crippen molar-refractivity contribution in [2.45, 2.75) is 13.5 Å². The van der Waals surface area contributed by atoms with Gasteiger partial charge in [0.15, 0.2) is 4.96 Å². The lowest BCUT2D eigenvalue weighted by Gasteiger charge is -2.07. The SMILES string of the molecule is CCNCc1c(Oc2cc(F)cc(Br)c2)nc2sccn12. The molecule has 1 N–H and O–H groups in total. The van der Waals surface area contributed by atoms with E-state index in [2.05, 4.69) is 26.2 Å². The quantitative estimate of drug-likeness (QED) is 0.732. The number of rotatable bonds is 5. The van der Waals surface area contributed by atoms with Crippen LogP contribution < -0.4 is 10.1 Å². The van der Waals surface area contributed by atoms with Gasteiger partial charge in [-0.05, 0) is 18.7 Å². The van der Waals surface area contributed by atoms with E-state index in [0.29, 0.717) is 22.6 Å². The van der Waals surface area contributed by atoms with E-state index in [1.807, 2.05) is 22.9 Å². The van der Waals surface area contributed by atoms with Crippen molar-refractivity contribution in [2.24, 2.45) is 0 Å². The van der Waals surface area contributed by atoms with Gasteiger partial charge in [-0.3, -0.25) is 4.40 Å². The summed E-state index contributed by atoms with van der Waals surface area (Å²) >= 11 is 4.79. The Morgan fingerprint density at radius 2 is 2.29 bits per heavy atom. The zero-order valence-corrected chi connectivity index (χ0v) is 13.7. The van der Waals surface area contributed by atoms with Crippen LogP contribution in [0.2, 0.25) is 0 Å². The van der Waals surface area contributed by atoms with Crippen molar-refractivity contribution in [1.29, 1.82) is 0 Å². The van der Waals surface area contributed by atoms with Gasteiger partial charge in [0.2, 0.25) is 5.88 Å². The Morgan fingerprint density at radius 1 is 1.43 bits per heavy atom. The number of hydrogen-bond donors (Lipinski definition) is 1. The molecule has 3 rings (SSSR count). The maximum absolute atomic E-state index is 13.4. The van der Waals surface area contributed by atoms with Crippen molar-refractivity contribution >= 4 is 32.2 Å². The van der Waals surface area contributed by atoms with Crippen LogP contribution in [-0.2, 0) is 6.54 Å². The summed E-state index contributed by atoms with van der Waals surface area (Å²) in [5, 5.41) is 5.23. The summed E-state index contributed by atoms with van der Waals surface area (Å²) in [4.78, 5) is 5.32. The fraction of sp³-hybridized carbons (Fsp3) is 0.214. The third-order valence-electron chi connectivity index (χ3n) is 2.92. The highest BCUT2D eigenvalue weighted by molar-refractivity contribution is 9.10. The Balaban J connectivity index is 1.96. The van der Waals surface area contributed by atoms with E-state index in [0.717, 1.165) is 17.2 Å². The molecule has 0 unspecified atom stereocenters. The van der Waals surface area contributed by atoms with Gasteiger partial charge in [0.1, 0.15) is 17.3 Å². The molecule has 0 spiro atoms. The largest absolute Gasteiger partial charge is 0.437 e. The van der Waals surface area contributed by atoms with Crippen molar-refractivity contribution in [3.63, 3.8) is 0 Å². The Hall–Kier alpha value is -1.44. The van der Waals surface area contributed by atoms with Crippen molar-refractivity contribution in [3.8, 4) is 11.6 Å². The van der Waals surface area contributed by atoms with Gasteiger partial charge in [0.05, 0.1) is 0 Å². The number of nitrogens with one attached hydrogen (secondary N) is 1. The smallest absolute Gasteiger partial charge is 0.243 e. The van der Waals surface area contributed by atoms with E-state index in [-0.39, 0.29) is 5.82 Å². The second-order valence-corrected chi connectivity index (χ2v) is 6.20. The summed E-state index contributed by atoms with van der Waals surface area (Å²) in [6, 6.07) is 4.45.